The third-order valence-corrected chi connectivity index (χ3v) is 3.05. The minimum absolute atomic E-state index is 0.0558. The van der Waals surface area contributed by atoms with Crippen LogP contribution in [-0.4, -0.2) is 19.1 Å². The predicted molar refractivity (Wildman–Crippen MR) is 73.7 cm³/mol. The van der Waals surface area contributed by atoms with Crippen LogP contribution in [-0.2, 0) is 9.53 Å². The Morgan fingerprint density at radius 1 is 1.53 bits per heavy atom. The Morgan fingerprint density at radius 2 is 2.26 bits per heavy atom. The molecule has 0 aromatic heterocycles. The highest BCUT2D eigenvalue weighted by Crippen LogP contribution is 2.20. The fourth-order valence-electron chi connectivity index (χ4n) is 1.68. The summed E-state index contributed by atoms with van der Waals surface area (Å²) in [6, 6.07) is 4.72. The van der Waals surface area contributed by atoms with Gasteiger partial charge in [-0.3, -0.25) is 4.79 Å². The lowest BCUT2D eigenvalue weighted by molar-refractivity contribution is -0.143. The standard InChI is InChI=1S/C14H19ClFNO2/c1-3-19-14(18)5-4-8-17-10(2)11-6-7-13(16)12(15)9-11/h6-7,9-10,17H,3-5,8H2,1-2H3. The molecule has 0 heterocycles. The van der Waals surface area contributed by atoms with Crippen molar-refractivity contribution in [1.82, 2.24) is 5.32 Å². The van der Waals surface area contributed by atoms with Crippen LogP contribution in [0.4, 0.5) is 4.39 Å². The van der Waals surface area contributed by atoms with Crippen LogP contribution in [0, 0.1) is 5.82 Å². The van der Waals surface area contributed by atoms with Crippen molar-refractivity contribution in [3.63, 3.8) is 0 Å². The average molecular weight is 288 g/mol. The third-order valence-electron chi connectivity index (χ3n) is 2.76. The Balaban J connectivity index is 2.33. The van der Waals surface area contributed by atoms with Crippen LogP contribution in [0.2, 0.25) is 5.02 Å². The molecule has 1 aromatic carbocycles. The van der Waals surface area contributed by atoms with E-state index in [4.69, 9.17) is 16.3 Å². The number of carbonyl (C=O) groups excluding carboxylic acids is 1. The summed E-state index contributed by atoms with van der Waals surface area (Å²) in [5, 5.41) is 3.38. The van der Waals surface area contributed by atoms with Crippen LogP contribution in [0.1, 0.15) is 38.3 Å². The Morgan fingerprint density at radius 3 is 2.89 bits per heavy atom. The van der Waals surface area contributed by atoms with E-state index in [0.717, 1.165) is 5.56 Å². The summed E-state index contributed by atoms with van der Waals surface area (Å²) >= 11 is 5.73. The maximum Gasteiger partial charge on any atom is 0.305 e. The Kier molecular flexibility index (Phi) is 6.81. The summed E-state index contributed by atoms with van der Waals surface area (Å²) in [7, 11) is 0. The molecule has 1 unspecified atom stereocenters. The van der Waals surface area contributed by atoms with Crippen molar-refractivity contribution in [2.45, 2.75) is 32.7 Å². The van der Waals surface area contributed by atoms with Gasteiger partial charge >= 0.3 is 5.97 Å². The number of hydrogen-bond acceptors (Lipinski definition) is 3. The second kappa shape index (κ2) is 8.12. The van der Waals surface area contributed by atoms with Crippen LogP contribution < -0.4 is 5.32 Å². The van der Waals surface area contributed by atoms with Gasteiger partial charge in [0.15, 0.2) is 0 Å². The Labute approximate surface area is 118 Å². The number of rotatable bonds is 7. The minimum Gasteiger partial charge on any atom is -0.466 e. The first kappa shape index (κ1) is 15.9. The van der Waals surface area contributed by atoms with Crippen molar-refractivity contribution in [3.05, 3.63) is 34.6 Å². The maximum absolute atomic E-state index is 13.0. The van der Waals surface area contributed by atoms with Crippen molar-refractivity contribution in [2.24, 2.45) is 0 Å². The molecule has 1 aromatic rings. The zero-order valence-electron chi connectivity index (χ0n) is 11.2. The molecule has 5 heteroatoms. The number of carbonyl (C=O) groups is 1. The Bertz CT molecular complexity index is 426. The maximum atomic E-state index is 13.0. The molecular formula is C14H19ClFNO2. The van der Waals surface area contributed by atoms with Gasteiger partial charge in [-0.15, -0.1) is 0 Å². The van der Waals surface area contributed by atoms with E-state index in [1.165, 1.54) is 6.07 Å². The topological polar surface area (TPSA) is 38.3 Å². The van der Waals surface area contributed by atoms with Gasteiger partial charge in [0.05, 0.1) is 11.6 Å². The van der Waals surface area contributed by atoms with E-state index in [0.29, 0.717) is 26.0 Å². The zero-order valence-corrected chi connectivity index (χ0v) is 12.0. The molecule has 0 saturated heterocycles. The van der Waals surface area contributed by atoms with Gasteiger partial charge in [0, 0.05) is 12.5 Å². The molecule has 0 fully saturated rings. The van der Waals surface area contributed by atoms with Gasteiger partial charge in [-0.1, -0.05) is 17.7 Å². The Hall–Kier alpha value is -1.13. The molecular weight excluding hydrogens is 269 g/mol. The minimum atomic E-state index is -0.417. The molecule has 1 N–H and O–H groups in total. The average Bonchev–Trinajstić information content (AvgIpc) is 2.38. The summed E-state index contributed by atoms with van der Waals surface area (Å²) in [6.45, 7) is 4.86. The molecule has 0 aliphatic heterocycles. The van der Waals surface area contributed by atoms with Gasteiger partial charge in [0.2, 0.25) is 0 Å². The number of benzene rings is 1. The van der Waals surface area contributed by atoms with E-state index in [1.807, 2.05) is 6.92 Å². The monoisotopic (exact) mass is 287 g/mol. The van der Waals surface area contributed by atoms with Crippen LogP contribution >= 0.6 is 11.6 Å². The fraction of sp³-hybridized carbons (Fsp3) is 0.500. The lowest BCUT2D eigenvalue weighted by Gasteiger charge is -2.14. The highest BCUT2D eigenvalue weighted by molar-refractivity contribution is 6.30. The van der Waals surface area contributed by atoms with Crippen molar-refractivity contribution in [3.8, 4) is 0 Å². The number of hydrogen-bond donors (Lipinski definition) is 1. The predicted octanol–water partition coefficient (Wildman–Crippen LogP) is 3.47. The normalized spacial score (nSPS) is 12.2. The van der Waals surface area contributed by atoms with Gasteiger partial charge in [-0.25, -0.2) is 4.39 Å². The van der Waals surface area contributed by atoms with E-state index in [9.17, 15) is 9.18 Å². The van der Waals surface area contributed by atoms with E-state index in [1.54, 1.807) is 19.1 Å². The summed E-state index contributed by atoms with van der Waals surface area (Å²) in [5.41, 5.74) is 0.919. The first-order chi connectivity index (χ1) is 9.04. The van der Waals surface area contributed by atoms with Gasteiger partial charge in [-0.05, 0) is 44.5 Å². The molecule has 1 atom stereocenters. The first-order valence-corrected chi connectivity index (χ1v) is 6.76. The van der Waals surface area contributed by atoms with Crippen LogP contribution in [0.5, 0.6) is 0 Å². The summed E-state index contributed by atoms with van der Waals surface area (Å²) in [4.78, 5) is 11.1. The van der Waals surface area contributed by atoms with Crippen molar-refractivity contribution in [1.29, 1.82) is 0 Å². The molecule has 106 valence electrons. The number of ether oxygens (including phenoxy) is 1. The molecule has 0 saturated carbocycles. The molecule has 0 spiro atoms. The molecule has 0 radical (unpaired) electrons. The molecule has 0 bridgehead atoms. The molecule has 3 nitrogen and oxygen atoms in total. The fourth-order valence-corrected chi connectivity index (χ4v) is 1.87. The zero-order chi connectivity index (χ0) is 14.3. The van der Waals surface area contributed by atoms with Crippen molar-refractivity contribution < 1.29 is 13.9 Å². The molecule has 0 aliphatic carbocycles. The van der Waals surface area contributed by atoms with Gasteiger partial charge < -0.3 is 10.1 Å². The van der Waals surface area contributed by atoms with Crippen LogP contribution in [0.15, 0.2) is 18.2 Å². The molecule has 19 heavy (non-hydrogen) atoms. The largest absolute Gasteiger partial charge is 0.466 e. The van der Waals surface area contributed by atoms with Crippen LogP contribution in [0.25, 0.3) is 0 Å². The van der Waals surface area contributed by atoms with E-state index < -0.39 is 5.82 Å². The number of halogens is 2. The van der Waals surface area contributed by atoms with Crippen molar-refractivity contribution in [2.75, 3.05) is 13.2 Å². The molecule has 0 amide bonds. The van der Waals surface area contributed by atoms with Crippen molar-refractivity contribution >= 4 is 17.6 Å². The second-order valence-electron chi connectivity index (χ2n) is 4.26. The highest BCUT2D eigenvalue weighted by atomic mass is 35.5. The molecule has 1 rings (SSSR count). The quantitative estimate of drug-likeness (QED) is 0.616. The number of esters is 1. The van der Waals surface area contributed by atoms with E-state index in [2.05, 4.69) is 5.32 Å². The van der Waals surface area contributed by atoms with E-state index >= 15 is 0 Å². The lowest BCUT2D eigenvalue weighted by Crippen LogP contribution is -2.20. The van der Waals surface area contributed by atoms with Crippen LogP contribution in [0.3, 0.4) is 0 Å². The third kappa shape index (κ3) is 5.57. The lowest BCUT2D eigenvalue weighted by atomic mass is 10.1. The van der Waals surface area contributed by atoms with Gasteiger partial charge in [0.1, 0.15) is 5.82 Å². The van der Waals surface area contributed by atoms with E-state index in [-0.39, 0.29) is 17.0 Å². The highest BCUT2D eigenvalue weighted by Gasteiger charge is 2.08. The first-order valence-electron chi connectivity index (χ1n) is 6.38. The van der Waals surface area contributed by atoms with Gasteiger partial charge in [-0.2, -0.15) is 0 Å². The van der Waals surface area contributed by atoms with Gasteiger partial charge in [0.25, 0.3) is 0 Å². The SMILES string of the molecule is CCOC(=O)CCCNC(C)c1ccc(F)c(Cl)c1. The molecule has 0 aliphatic rings. The summed E-state index contributed by atoms with van der Waals surface area (Å²) < 4.78 is 17.9. The number of nitrogens with one attached hydrogen (secondary N) is 1. The summed E-state index contributed by atoms with van der Waals surface area (Å²) in [6.07, 6.45) is 1.11. The second-order valence-corrected chi connectivity index (χ2v) is 4.67. The summed E-state index contributed by atoms with van der Waals surface area (Å²) in [5.74, 6) is -0.596. The smallest absolute Gasteiger partial charge is 0.305 e.